The molecule has 0 spiro atoms. The van der Waals surface area contributed by atoms with Gasteiger partial charge in [-0.2, -0.15) is 0 Å². The quantitative estimate of drug-likeness (QED) is 0.422. The monoisotopic (exact) mass is 272 g/mol. The molecule has 0 radical (unpaired) electrons. The maximum atomic E-state index is 12.0. The first-order valence-electron chi connectivity index (χ1n) is 5.45. The van der Waals surface area contributed by atoms with E-state index in [1.165, 1.54) is 16.4 Å². The molecule has 0 aliphatic heterocycles. The van der Waals surface area contributed by atoms with Crippen LogP contribution in [0.15, 0.2) is 5.16 Å². The Morgan fingerprint density at radius 3 is 2.61 bits per heavy atom. The number of rotatable bonds is 6. The molecule has 0 aromatic carbocycles. The van der Waals surface area contributed by atoms with Gasteiger partial charge in [-0.3, -0.25) is 9.59 Å². The maximum Gasteiger partial charge on any atom is 0.319 e. The molecule has 1 rings (SSSR count). The molecule has 0 fully saturated rings. The van der Waals surface area contributed by atoms with Gasteiger partial charge in [0.25, 0.3) is 0 Å². The number of hydrogen-bond acceptors (Lipinski definition) is 7. The molecule has 0 aliphatic carbocycles. The molecule has 0 aliphatic rings. The highest BCUT2D eigenvalue weighted by Gasteiger charge is 2.37. The van der Waals surface area contributed by atoms with Crippen molar-refractivity contribution in [2.24, 2.45) is 12.5 Å². The maximum absolute atomic E-state index is 12.0. The fraction of sp³-hybridized carbons (Fsp3) is 0.700. The summed E-state index contributed by atoms with van der Waals surface area (Å²) >= 11 is 1.19. The van der Waals surface area contributed by atoms with Crippen LogP contribution in [0.1, 0.15) is 20.8 Å². The smallest absolute Gasteiger partial charge is 0.319 e. The van der Waals surface area contributed by atoms with Crippen molar-refractivity contribution in [1.29, 1.82) is 0 Å². The average molecular weight is 272 g/mol. The minimum absolute atomic E-state index is 0.125. The highest BCUT2D eigenvalue weighted by atomic mass is 32.2. The van der Waals surface area contributed by atoms with Gasteiger partial charge in [-0.25, -0.2) is 4.68 Å². The Kier molecular flexibility index (Phi) is 4.83. The van der Waals surface area contributed by atoms with Gasteiger partial charge in [0.05, 0.1) is 12.4 Å². The normalized spacial score (nSPS) is 11.3. The van der Waals surface area contributed by atoms with E-state index in [9.17, 15) is 9.59 Å². The zero-order valence-electron chi connectivity index (χ0n) is 10.8. The molecule has 7 nitrogen and oxygen atoms in total. The second kappa shape index (κ2) is 5.94. The van der Waals surface area contributed by atoms with Crippen LogP contribution < -0.4 is 0 Å². The van der Waals surface area contributed by atoms with Crippen molar-refractivity contribution >= 4 is 23.5 Å². The summed E-state index contributed by atoms with van der Waals surface area (Å²) < 4.78 is 6.34. The number of thioether (sulfide) groups is 1. The van der Waals surface area contributed by atoms with E-state index in [-0.39, 0.29) is 18.1 Å². The van der Waals surface area contributed by atoms with E-state index in [1.807, 2.05) is 0 Å². The number of carbonyl (C=O) groups excluding carboxylic acids is 2. The summed E-state index contributed by atoms with van der Waals surface area (Å²) in [7, 11) is 1.68. The van der Waals surface area contributed by atoms with Crippen LogP contribution in [0.25, 0.3) is 0 Å². The van der Waals surface area contributed by atoms with E-state index in [1.54, 1.807) is 27.8 Å². The SMILES string of the molecule is CCOC(=O)C(C)(C)C(=O)CSc1nnnn1C. The minimum atomic E-state index is -1.14. The molecule has 0 saturated carbocycles. The first-order valence-corrected chi connectivity index (χ1v) is 6.43. The number of aromatic nitrogens is 4. The summed E-state index contributed by atoms with van der Waals surface area (Å²) in [5, 5.41) is 11.4. The first kappa shape index (κ1) is 14.6. The third kappa shape index (κ3) is 3.28. The predicted octanol–water partition coefficient (Wildman–Crippen LogP) is 0.461. The number of aryl methyl sites for hydroxylation is 1. The van der Waals surface area contributed by atoms with Crippen LogP contribution in [0.4, 0.5) is 0 Å². The largest absolute Gasteiger partial charge is 0.465 e. The first-order chi connectivity index (χ1) is 8.39. The van der Waals surface area contributed by atoms with Gasteiger partial charge in [0.1, 0.15) is 5.41 Å². The fourth-order valence-corrected chi connectivity index (χ4v) is 2.02. The van der Waals surface area contributed by atoms with E-state index >= 15 is 0 Å². The van der Waals surface area contributed by atoms with E-state index < -0.39 is 11.4 Å². The summed E-state index contributed by atoms with van der Waals surface area (Å²) in [5.41, 5.74) is -1.14. The third-order valence-electron chi connectivity index (χ3n) is 2.40. The number of ketones is 1. The van der Waals surface area contributed by atoms with Gasteiger partial charge < -0.3 is 4.74 Å². The number of ether oxygens (including phenoxy) is 1. The Labute approximate surface area is 109 Å². The van der Waals surface area contributed by atoms with Crippen molar-refractivity contribution in [3.05, 3.63) is 0 Å². The molecular weight excluding hydrogens is 256 g/mol. The van der Waals surface area contributed by atoms with Crippen LogP contribution in [0.3, 0.4) is 0 Å². The number of Topliss-reactive ketones (excluding diaryl/α,β-unsaturated/α-hetero) is 1. The number of tetrazole rings is 1. The van der Waals surface area contributed by atoms with Gasteiger partial charge in [0.2, 0.25) is 5.16 Å². The molecule has 0 atom stereocenters. The predicted molar refractivity (Wildman–Crippen MR) is 64.9 cm³/mol. The zero-order chi connectivity index (χ0) is 13.8. The highest BCUT2D eigenvalue weighted by Crippen LogP contribution is 2.23. The topological polar surface area (TPSA) is 87.0 Å². The summed E-state index contributed by atoms with van der Waals surface area (Å²) in [6.45, 7) is 5.08. The van der Waals surface area contributed by atoms with E-state index in [0.29, 0.717) is 5.16 Å². The molecular formula is C10H16N4O3S. The molecule has 8 heteroatoms. The van der Waals surface area contributed by atoms with Crippen molar-refractivity contribution in [2.45, 2.75) is 25.9 Å². The van der Waals surface area contributed by atoms with Gasteiger partial charge >= 0.3 is 5.97 Å². The summed E-state index contributed by atoms with van der Waals surface area (Å²) in [6, 6.07) is 0. The molecule has 0 amide bonds. The molecule has 0 saturated heterocycles. The van der Waals surface area contributed by atoms with Gasteiger partial charge in [0, 0.05) is 7.05 Å². The summed E-state index contributed by atoms with van der Waals surface area (Å²) in [6.07, 6.45) is 0. The van der Waals surface area contributed by atoms with Crippen molar-refractivity contribution in [3.63, 3.8) is 0 Å². The third-order valence-corrected chi connectivity index (χ3v) is 3.41. The van der Waals surface area contributed by atoms with Gasteiger partial charge in [-0.05, 0) is 31.2 Å². The number of esters is 1. The zero-order valence-corrected chi connectivity index (χ0v) is 11.7. The van der Waals surface area contributed by atoms with Crippen molar-refractivity contribution in [2.75, 3.05) is 12.4 Å². The van der Waals surface area contributed by atoms with Crippen LogP contribution in [0, 0.1) is 5.41 Å². The Morgan fingerprint density at radius 2 is 2.11 bits per heavy atom. The standard InChI is InChI=1S/C10H16N4O3S/c1-5-17-8(16)10(2,3)7(15)6-18-9-11-12-13-14(9)4/h5-6H2,1-4H3. The lowest BCUT2D eigenvalue weighted by molar-refractivity contribution is -0.157. The fourth-order valence-electron chi connectivity index (χ4n) is 1.08. The second-order valence-electron chi connectivity index (χ2n) is 4.14. The van der Waals surface area contributed by atoms with Crippen molar-refractivity contribution in [3.8, 4) is 0 Å². The Hall–Kier alpha value is -1.44. The number of hydrogen-bond donors (Lipinski definition) is 0. The molecule has 0 bridgehead atoms. The van der Waals surface area contributed by atoms with Gasteiger partial charge in [0.15, 0.2) is 5.78 Å². The second-order valence-corrected chi connectivity index (χ2v) is 5.08. The lowest BCUT2D eigenvalue weighted by Gasteiger charge is -2.20. The van der Waals surface area contributed by atoms with E-state index in [0.717, 1.165) is 0 Å². The Balaban J connectivity index is 2.60. The lowest BCUT2D eigenvalue weighted by Crippen LogP contribution is -2.36. The van der Waals surface area contributed by atoms with Crippen LogP contribution in [-0.2, 0) is 21.4 Å². The average Bonchev–Trinajstić information content (AvgIpc) is 2.72. The van der Waals surface area contributed by atoms with E-state index in [4.69, 9.17) is 4.74 Å². The van der Waals surface area contributed by atoms with Crippen LogP contribution in [0.2, 0.25) is 0 Å². The number of carbonyl (C=O) groups is 2. The highest BCUT2D eigenvalue weighted by molar-refractivity contribution is 7.99. The van der Waals surface area contributed by atoms with Crippen LogP contribution >= 0.6 is 11.8 Å². The van der Waals surface area contributed by atoms with Gasteiger partial charge in [-0.15, -0.1) is 5.10 Å². The van der Waals surface area contributed by atoms with Gasteiger partial charge in [-0.1, -0.05) is 11.8 Å². The van der Waals surface area contributed by atoms with Crippen LogP contribution in [0.5, 0.6) is 0 Å². The molecule has 0 N–H and O–H groups in total. The summed E-state index contributed by atoms with van der Waals surface area (Å²) in [4.78, 5) is 23.6. The minimum Gasteiger partial charge on any atom is -0.465 e. The van der Waals surface area contributed by atoms with Crippen molar-refractivity contribution in [1.82, 2.24) is 20.2 Å². The molecule has 1 aromatic rings. The number of nitrogens with zero attached hydrogens (tertiary/aromatic N) is 4. The Bertz CT molecular complexity index is 444. The molecule has 18 heavy (non-hydrogen) atoms. The van der Waals surface area contributed by atoms with Crippen LogP contribution in [-0.4, -0.2) is 44.3 Å². The molecule has 0 unspecified atom stereocenters. The lowest BCUT2D eigenvalue weighted by atomic mass is 9.89. The Morgan fingerprint density at radius 1 is 1.44 bits per heavy atom. The van der Waals surface area contributed by atoms with E-state index in [2.05, 4.69) is 15.5 Å². The van der Waals surface area contributed by atoms with Crippen molar-refractivity contribution < 1.29 is 14.3 Å². The molecule has 1 heterocycles. The molecule has 1 aromatic heterocycles. The molecule has 100 valence electrons. The summed E-state index contributed by atoms with van der Waals surface area (Å²) in [5.74, 6) is -0.597.